The van der Waals surface area contributed by atoms with E-state index in [9.17, 15) is 9.59 Å². The maximum Gasteiger partial charge on any atom is 0.340 e. The van der Waals surface area contributed by atoms with E-state index < -0.39 is 5.97 Å². The van der Waals surface area contributed by atoms with Crippen LogP contribution in [0.2, 0.25) is 10.0 Å². The van der Waals surface area contributed by atoms with Gasteiger partial charge in [-0.15, -0.1) is 0 Å². The number of hydrogen-bond donors (Lipinski definition) is 0. The Labute approximate surface area is 162 Å². The molecule has 0 unspecified atom stereocenters. The fourth-order valence-corrected chi connectivity index (χ4v) is 3.38. The Morgan fingerprint density at radius 1 is 1.19 bits per heavy atom. The van der Waals surface area contributed by atoms with Gasteiger partial charge >= 0.3 is 5.97 Å². The highest BCUT2D eigenvalue weighted by Crippen LogP contribution is 2.26. The zero-order chi connectivity index (χ0) is 19.4. The number of halogens is 2. The quantitative estimate of drug-likeness (QED) is 0.503. The standard InChI is InChI=1S/C19H21Cl2NO4/c1-11-8-15(13(3)22(11)12(2)9-25-4)17(23)10-26-19(24)14-6-5-7-16(20)18(14)21/h5-8,12H,9-10H2,1-4H3/t12-/m0/s1. The third-order valence-electron chi connectivity index (χ3n) is 4.14. The highest BCUT2D eigenvalue weighted by molar-refractivity contribution is 6.43. The van der Waals surface area contributed by atoms with E-state index in [1.54, 1.807) is 25.3 Å². The fourth-order valence-electron chi connectivity index (χ4n) is 3.00. The van der Waals surface area contributed by atoms with Crippen LogP contribution < -0.4 is 0 Å². The molecule has 0 saturated heterocycles. The van der Waals surface area contributed by atoms with Crippen molar-refractivity contribution in [1.29, 1.82) is 0 Å². The van der Waals surface area contributed by atoms with Gasteiger partial charge in [0.25, 0.3) is 0 Å². The van der Waals surface area contributed by atoms with Gasteiger partial charge in [-0.3, -0.25) is 4.79 Å². The Balaban J connectivity index is 2.12. The number of benzene rings is 1. The van der Waals surface area contributed by atoms with Gasteiger partial charge in [-0.2, -0.15) is 0 Å². The highest BCUT2D eigenvalue weighted by atomic mass is 35.5. The summed E-state index contributed by atoms with van der Waals surface area (Å²) in [5.74, 6) is -0.965. The van der Waals surface area contributed by atoms with Crippen molar-refractivity contribution in [3.8, 4) is 0 Å². The predicted molar refractivity (Wildman–Crippen MR) is 102 cm³/mol. The largest absolute Gasteiger partial charge is 0.454 e. The molecule has 1 aromatic carbocycles. The summed E-state index contributed by atoms with van der Waals surface area (Å²) in [5, 5.41) is 0.362. The minimum Gasteiger partial charge on any atom is -0.454 e. The van der Waals surface area contributed by atoms with Crippen molar-refractivity contribution in [3.05, 3.63) is 56.8 Å². The van der Waals surface area contributed by atoms with Gasteiger partial charge in [-0.25, -0.2) is 4.79 Å². The highest BCUT2D eigenvalue weighted by Gasteiger charge is 2.21. The van der Waals surface area contributed by atoms with Gasteiger partial charge in [-0.1, -0.05) is 29.3 Å². The van der Waals surface area contributed by atoms with Crippen molar-refractivity contribution in [2.24, 2.45) is 0 Å². The number of aryl methyl sites for hydroxylation is 1. The molecular formula is C19H21Cl2NO4. The number of Topliss-reactive ketones (excluding diaryl/α,β-unsaturated/α-hetero) is 1. The summed E-state index contributed by atoms with van der Waals surface area (Å²) < 4.78 is 12.3. The molecule has 1 heterocycles. The smallest absolute Gasteiger partial charge is 0.340 e. The van der Waals surface area contributed by atoms with Gasteiger partial charge in [0.05, 0.1) is 28.3 Å². The molecule has 0 aliphatic heterocycles. The minimum absolute atomic E-state index is 0.0920. The van der Waals surface area contributed by atoms with Crippen LogP contribution in [0.25, 0.3) is 0 Å². The number of esters is 1. The number of nitrogens with zero attached hydrogens (tertiary/aromatic N) is 1. The van der Waals surface area contributed by atoms with Gasteiger partial charge in [0.15, 0.2) is 6.61 Å². The van der Waals surface area contributed by atoms with E-state index in [0.717, 1.165) is 11.4 Å². The van der Waals surface area contributed by atoms with Crippen LogP contribution in [0.4, 0.5) is 0 Å². The Kier molecular flexibility index (Phi) is 6.87. The first-order valence-corrected chi connectivity index (χ1v) is 8.85. The fraction of sp³-hybridized carbons (Fsp3) is 0.368. The van der Waals surface area contributed by atoms with Crippen LogP contribution in [-0.4, -0.2) is 36.6 Å². The first kappa shape index (κ1) is 20.5. The van der Waals surface area contributed by atoms with Crippen LogP contribution in [0.1, 0.15) is 45.1 Å². The molecule has 0 radical (unpaired) electrons. The van der Waals surface area contributed by atoms with Crippen LogP contribution in [0.15, 0.2) is 24.3 Å². The Bertz CT molecular complexity index is 829. The van der Waals surface area contributed by atoms with Crippen molar-refractivity contribution < 1.29 is 19.1 Å². The number of rotatable bonds is 7. The number of ether oxygens (including phenoxy) is 2. The Hall–Kier alpha value is -1.82. The van der Waals surface area contributed by atoms with E-state index in [1.165, 1.54) is 6.07 Å². The lowest BCUT2D eigenvalue weighted by atomic mass is 10.1. The molecule has 7 heteroatoms. The summed E-state index contributed by atoms with van der Waals surface area (Å²) in [7, 11) is 1.64. The van der Waals surface area contributed by atoms with E-state index in [-0.39, 0.29) is 34.0 Å². The molecule has 2 aromatic rings. The van der Waals surface area contributed by atoms with Crippen LogP contribution in [-0.2, 0) is 9.47 Å². The summed E-state index contributed by atoms with van der Waals surface area (Å²) in [6.45, 7) is 5.96. The van der Waals surface area contributed by atoms with Gasteiger partial charge < -0.3 is 14.0 Å². The third kappa shape index (κ3) is 4.29. The molecule has 0 fully saturated rings. The van der Waals surface area contributed by atoms with E-state index >= 15 is 0 Å². The second-order valence-corrected chi connectivity index (χ2v) is 6.85. The first-order valence-electron chi connectivity index (χ1n) is 8.09. The molecule has 1 atom stereocenters. The summed E-state index contributed by atoms with van der Waals surface area (Å²) in [5.41, 5.74) is 2.41. The van der Waals surface area contributed by atoms with Gasteiger partial charge in [0.2, 0.25) is 5.78 Å². The van der Waals surface area contributed by atoms with Crippen LogP contribution in [0.5, 0.6) is 0 Å². The normalized spacial score (nSPS) is 12.1. The summed E-state index contributed by atoms with van der Waals surface area (Å²) in [4.78, 5) is 24.7. The topological polar surface area (TPSA) is 57.5 Å². The number of hydrogen-bond acceptors (Lipinski definition) is 4. The second kappa shape index (κ2) is 8.71. The number of ketones is 1. The Morgan fingerprint density at radius 3 is 2.54 bits per heavy atom. The molecule has 140 valence electrons. The van der Waals surface area contributed by atoms with E-state index in [4.69, 9.17) is 32.7 Å². The maximum absolute atomic E-state index is 12.5. The first-order chi connectivity index (χ1) is 12.3. The van der Waals surface area contributed by atoms with Crippen LogP contribution >= 0.6 is 23.2 Å². The van der Waals surface area contributed by atoms with Crippen molar-refractivity contribution >= 4 is 35.0 Å². The SMILES string of the molecule is COC[C@H](C)n1c(C)cc(C(=O)COC(=O)c2cccc(Cl)c2Cl)c1C. The molecule has 1 aromatic heterocycles. The van der Waals surface area contributed by atoms with Crippen molar-refractivity contribution in [2.75, 3.05) is 20.3 Å². The van der Waals surface area contributed by atoms with Crippen molar-refractivity contribution in [3.63, 3.8) is 0 Å². The van der Waals surface area contributed by atoms with Crippen molar-refractivity contribution in [2.45, 2.75) is 26.8 Å². The van der Waals surface area contributed by atoms with E-state index in [2.05, 4.69) is 0 Å². The molecule has 0 amide bonds. The zero-order valence-corrected chi connectivity index (χ0v) is 16.6. The zero-order valence-electron chi connectivity index (χ0n) is 15.1. The second-order valence-electron chi connectivity index (χ2n) is 6.06. The average Bonchev–Trinajstić information content (AvgIpc) is 2.89. The molecule has 0 N–H and O–H groups in total. The number of aromatic nitrogens is 1. The summed E-state index contributed by atoms with van der Waals surface area (Å²) in [6, 6.07) is 6.55. The molecule has 0 saturated carbocycles. The number of methoxy groups -OCH3 is 1. The minimum atomic E-state index is -0.688. The lowest BCUT2D eigenvalue weighted by molar-refractivity contribution is 0.0474. The maximum atomic E-state index is 12.5. The van der Waals surface area contributed by atoms with E-state index in [1.807, 2.05) is 25.3 Å². The molecule has 0 bridgehead atoms. The van der Waals surface area contributed by atoms with Crippen LogP contribution in [0, 0.1) is 13.8 Å². The lowest BCUT2D eigenvalue weighted by Crippen LogP contribution is -2.17. The average molecular weight is 398 g/mol. The van der Waals surface area contributed by atoms with Crippen LogP contribution in [0.3, 0.4) is 0 Å². The van der Waals surface area contributed by atoms with Gasteiger partial charge in [0, 0.05) is 24.1 Å². The monoisotopic (exact) mass is 397 g/mol. The summed E-state index contributed by atoms with van der Waals surface area (Å²) >= 11 is 11.9. The third-order valence-corrected chi connectivity index (χ3v) is 4.96. The molecular weight excluding hydrogens is 377 g/mol. The molecule has 0 spiro atoms. The molecule has 26 heavy (non-hydrogen) atoms. The van der Waals surface area contributed by atoms with E-state index in [0.29, 0.717) is 12.2 Å². The number of carbonyl (C=O) groups excluding carboxylic acids is 2. The number of carbonyl (C=O) groups is 2. The molecule has 0 aliphatic carbocycles. The molecule has 5 nitrogen and oxygen atoms in total. The van der Waals surface area contributed by atoms with Crippen molar-refractivity contribution in [1.82, 2.24) is 4.57 Å². The lowest BCUT2D eigenvalue weighted by Gasteiger charge is -2.17. The molecule has 0 aliphatic rings. The molecule has 2 rings (SSSR count). The summed E-state index contributed by atoms with van der Waals surface area (Å²) in [6.07, 6.45) is 0. The van der Waals surface area contributed by atoms with Gasteiger partial charge in [-0.05, 0) is 39.0 Å². The predicted octanol–water partition coefficient (Wildman–Crippen LogP) is 4.66. The Morgan fingerprint density at radius 2 is 1.88 bits per heavy atom. The van der Waals surface area contributed by atoms with Gasteiger partial charge in [0.1, 0.15) is 0 Å².